The summed E-state index contributed by atoms with van der Waals surface area (Å²) < 4.78 is 5.44. The van der Waals surface area contributed by atoms with Crippen LogP contribution < -0.4 is 0 Å². The minimum atomic E-state index is -0.804. The molecular formula is C22H34O5. The van der Waals surface area contributed by atoms with Gasteiger partial charge in [-0.05, 0) is 62.2 Å². The van der Waals surface area contributed by atoms with Crippen molar-refractivity contribution < 1.29 is 24.9 Å². The van der Waals surface area contributed by atoms with E-state index in [9.17, 15) is 20.1 Å². The van der Waals surface area contributed by atoms with Gasteiger partial charge in [0.1, 0.15) is 6.10 Å². The zero-order chi connectivity index (χ0) is 19.8. The van der Waals surface area contributed by atoms with E-state index >= 15 is 0 Å². The lowest BCUT2D eigenvalue weighted by molar-refractivity contribution is -0.182. The average Bonchev–Trinajstić information content (AvgIpc) is 2.78. The molecule has 0 bridgehead atoms. The first-order valence-electron chi connectivity index (χ1n) is 10.5. The molecule has 9 atom stereocenters. The molecule has 0 heterocycles. The Morgan fingerprint density at radius 1 is 1.19 bits per heavy atom. The van der Waals surface area contributed by atoms with Gasteiger partial charge in [0.15, 0.2) is 0 Å². The number of fused-ring (bicyclic) bond motifs is 5. The Morgan fingerprint density at radius 3 is 2.56 bits per heavy atom. The van der Waals surface area contributed by atoms with Gasteiger partial charge in [0.05, 0.1) is 17.8 Å². The summed E-state index contributed by atoms with van der Waals surface area (Å²) in [4.78, 5) is 11.4. The van der Waals surface area contributed by atoms with E-state index in [0.717, 1.165) is 31.3 Å². The predicted molar refractivity (Wildman–Crippen MR) is 101 cm³/mol. The fourth-order valence-electron chi connectivity index (χ4n) is 7.29. The normalized spacial score (nSPS) is 54.4. The van der Waals surface area contributed by atoms with Gasteiger partial charge in [0, 0.05) is 18.8 Å². The molecule has 0 amide bonds. The van der Waals surface area contributed by atoms with Crippen LogP contribution in [0.25, 0.3) is 0 Å². The van der Waals surface area contributed by atoms with Gasteiger partial charge < -0.3 is 20.1 Å². The van der Waals surface area contributed by atoms with Crippen molar-refractivity contribution in [2.75, 3.05) is 0 Å². The Balaban J connectivity index is 1.70. The highest BCUT2D eigenvalue weighted by atomic mass is 16.5. The molecule has 0 spiro atoms. The van der Waals surface area contributed by atoms with Crippen molar-refractivity contribution in [2.24, 2.45) is 28.6 Å². The average molecular weight is 379 g/mol. The third-order valence-electron chi connectivity index (χ3n) is 8.92. The lowest BCUT2D eigenvalue weighted by atomic mass is 9.45. The molecule has 0 aromatic carbocycles. The Kier molecular flexibility index (Phi) is 4.34. The van der Waals surface area contributed by atoms with Crippen molar-refractivity contribution in [1.29, 1.82) is 0 Å². The van der Waals surface area contributed by atoms with Crippen molar-refractivity contribution in [1.82, 2.24) is 0 Å². The molecule has 3 fully saturated rings. The maximum Gasteiger partial charge on any atom is 0.302 e. The van der Waals surface area contributed by atoms with Crippen LogP contribution in [0.15, 0.2) is 11.6 Å². The van der Waals surface area contributed by atoms with Gasteiger partial charge >= 0.3 is 5.97 Å². The van der Waals surface area contributed by atoms with Crippen LogP contribution in [-0.4, -0.2) is 45.2 Å². The smallest absolute Gasteiger partial charge is 0.302 e. The van der Waals surface area contributed by atoms with Gasteiger partial charge in [-0.15, -0.1) is 0 Å². The highest BCUT2D eigenvalue weighted by molar-refractivity contribution is 5.66. The topological polar surface area (TPSA) is 87.0 Å². The van der Waals surface area contributed by atoms with Crippen LogP contribution in [0.1, 0.15) is 66.2 Å². The molecular weight excluding hydrogens is 344 g/mol. The number of esters is 1. The van der Waals surface area contributed by atoms with Crippen LogP contribution in [0, 0.1) is 28.6 Å². The van der Waals surface area contributed by atoms with Crippen molar-refractivity contribution in [3.63, 3.8) is 0 Å². The molecule has 152 valence electrons. The molecule has 0 aromatic heterocycles. The third kappa shape index (κ3) is 2.65. The molecule has 0 aromatic rings. The van der Waals surface area contributed by atoms with Crippen LogP contribution >= 0.6 is 0 Å². The van der Waals surface area contributed by atoms with Crippen LogP contribution in [0.4, 0.5) is 0 Å². The molecule has 5 nitrogen and oxygen atoms in total. The van der Waals surface area contributed by atoms with Crippen molar-refractivity contribution in [3.05, 3.63) is 11.6 Å². The zero-order valence-electron chi connectivity index (χ0n) is 16.9. The fraction of sp³-hybridized carbons (Fsp3) is 0.864. The van der Waals surface area contributed by atoms with Crippen LogP contribution in [0.3, 0.4) is 0 Å². The van der Waals surface area contributed by atoms with Gasteiger partial charge in [0.25, 0.3) is 0 Å². The monoisotopic (exact) mass is 378 g/mol. The van der Waals surface area contributed by atoms with E-state index in [1.165, 1.54) is 6.92 Å². The minimum Gasteiger partial charge on any atom is -0.462 e. The van der Waals surface area contributed by atoms with E-state index in [0.29, 0.717) is 12.8 Å². The molecule has 5 heteroatoms. The number of aliphatic hydroxyl groups is 3. The zero-order valence-corrected chi connectivity index (χ0v) is 16.9. The summed E-state index contributed by atoms with van der Waals surface area (Å²) in [6.07, 6.45) is 5.14. The SMILES string of the molecule is CC(=O)O[C@H]1CC[C@@]2(C)C(=C[C@H](O)C3C2C(O)C[C@@]2(C)C3CC[C@]2(C)O)C1. The van der Waals surface area contributed by atoms with Crippen LogP contribution in [0.2, 0.25) is 0 Å². The molecule has 4 unspecified atom stereocenters. The van der Waals surface area contributed by atoms with E-state index in [1.807, 2.05) is 13.0 Å². The third-order valence-corrected chi connectivity index (χ3v) is 8.92. The van der Waals surface area contributed by atoms with E-state index in [1.54, 1.807) is 0 Å². The molecule has 4 aliphatic rings. The molecule has 4 aliphatic carbocycles. The Hall–Kier alpha value is -0.910. The molecule has 0 saturated heterocycles. The van der Waals surface area contributed by atoms with E-state index < -0.39 is 17.8 Å². The van der Waals surface area contributed by atoms with E-state index in [-0.39, 0.29) is 40.7 Å². The number of hydrogen-bond acceptors (Lipinski definition) is 5. The summed E-state index contributed by atoms with van der Waals surface area (Å²) in [5, 5.41) is 33.3. The number of hydrogen-bond donors (Lipinski definition) is 3. The Morgan fingerprint density at radius 2 is 1.89 bits per heavy atom. The first-order chi connectivity index (χ1) is 12.5. The molecule has 27 heavy (non-hydrogen) atoms. The second kappa shape index (κ2) is 6.04. The second-order valence-corrected chi connectivity index (χ2v) is 10.3. The highest BCUT2D eigenvalue weighted by Crippen LogP contribution is 2.67. The maximum absolute atomic E-state index is 11.4. The number of carbonyl (C=O) groups excluding carboxylic acids is 1. The minimum absolute atomic E-state index is 0.0160. The van der Waals surface area contributed by atoms with Crippen molar-refractivity contribution >= 4 is 5.97 Å². The summed E-state index contributed by atoms with van der Waals surface area (Å²) in [5.74, 6) is -0.110. The molecule has 3 N–H and O–H groups in total. The van der Waals surface area contributed by atoms with E-state index in [4.69, 9.17) is 4.74 Å². The van der Waals surface area contributed by atoms with E-state index in [2.05, 4.69) is 13.8 Å². The summed E-state index contributed by atoms with van der Waals surface area (Å²) in [7, 11) is 0. The lowest BCUT2D eigenvalue weighted by Gasteiger charge is -2.61. The summed E-state index contributed by atoms with van der Waals surface area (Å²) in [5.41, 5.74) is -0.233. The summed E-state index contributed by atoms with van der Waals surface area (Å²) in [6.45, 7) is 7.63. The quantitative estimate of drug-likeness (QED) is 0.482. The van der Waals surface area contributed by atoms with Crippen LogP contribution in [0.5, 0.6) is 0 Å². The second-order valence-electron chi connectivity index (χ2n) is 10.3. The number of aliphatic hydroxyl groups excluding tert-OH is 2. The van der Waals surface area contributed by atoms with Crippen molar-refractivity contribution in [2.45, 2.75) is 90.1 Å². The largest absolute Gasteiger partial charge is 0.462 e. The molecule has 0 radical (unpaired) electrons. The molecule has 4 rings (SSSR count). The van der Waals surface area contributed by atoms with Gasteiger partial charge in [-0.25, -0.2) is 0 Å². The standard InChI is InChI=1S/C22H34O5/c1-12(23)27-14-5-7-20(2)13(9-14)10-16(24)18-15-6-8-22(4,26)21(15,3)11-17(25)19(18)20/h10,14-19,24-26H,5-9,11H2,1-4H3/t14-,15?,16-,17?,18?,19?,20-,21-,22-/m0/s1. The maximum atomic E-state index is 11.4. The predicted octanol–water partition coefficient (Wildman–Crippen LogP) is 2.57. The van der Waals surface area contributed by atoms with Crippen LogP contribution in [-0.2, 0) is 9.53 Å². The first-order valence-corrected chi connectivity index (χ1v) is 10.5. The number of carbonyl (C=O) groups is 1. The number of ether oxygens (including phenoxy) is 1. The highest BCUT2D eigenvalue weighted by Gasteiger charge is 2.66. The Bertz CT molecular complexity index is 670. The van der Waals surface area contributed by atoms with Gasteiger partial charge in [-0.1, -0.05) is 25.5 Å². The summed E-state index contributed by atoms with van der Waals surface area (Å²) in [6, 6.07) is 0. The fourth-order valence-corrected chi connectivity index (χ4v) is 7.29. The molecule has 0 aliphatic heterocycles. The first kappa shape index (κ1) is 19.4. The van der Waals surface area contributed by atoms with Crippen molar-refractivity contribution in [3.8, 4) is 0 Å². The number of rotatable bonds is 1. The lowest BCUT2D eigenvalue weighted by Crippen LogP contribution is -2.62. The summed E-state index contributed by atoms with van der Waals surface area (Å²) >= 11 is 0. The Labute approximate surface area is 161 Å². The van der Waals surface area contributed by atoms with Gasteiger partial charge in [-0.3, -0.25) is 4.79 Å². The van der Waals surface area contributed by atoms with Gasteiger partial charge in [-0.2, -0.15) is 0 Å². The molecule has 3 saturated carbocycles. The van der Waals surface area contributed by atoms with Gasteiger partial charge in [0.2, 0.25) is 0 Å².